The summed E-state index contributed by atoms with van der Waals surface area (Å²) in [5.74, 6) is 0.523. The molecule has 4 heteroatoms. The van der Waals surface area contributed by atoms with Gasteiger partial charge < -0.3 is 0 Å². The van der Waals surface area contributed by atoms with Crippen molar-refractivity contribution in [2.75, 3.05) is 5.33 Å². The average molecular weight is 342 g/mol. The Balaban J connectivity index is 2.11. The second-order valence-electron chi connectivity index (χ2n) is 4.88. The van der Waals surface area contributed by atoms with Crippen LogP contribution in [0, 0.1) is 12.8 Å². The van der Waals surface area contributed by atoms with Gasteiger partial charge in [-0.15, -0.1) is 0 Å². The number of hydrogen-bond donors (Lipinski definition) is 0. The zero-order valence-electron chi connectivity index (χ0n) is 11.2. The summed E-state index contributed by atoms with van der Waals surface area (Å²) in [6.45, 7) is 1.95. The highest BCUT2D eigenvalue weighted by Gasteiger charge is 2.16. The van der Waals surface area contributed by atoms with E-state index in [-0.39, 0.29) is 0 Å². The van der Waals surface area contributed by atoms with Crippen molar-refractivity contribution in [1.29, 1.82) is 0 Å². The van der Waals surface area contributed by atoms with Crippen molar-refractivity contribution in [2.45, 2.75) is 19.8 Å². The molecule has 102 valence electrons. The van der Waals surface area contributed by atoms with Gasteiger partial charge in [-0.25, -0.2) is 0 Å². The SMILES string of the molecule is Cc1nn(C)c(CC(CBr)Cc2ccccc2)c1Cl. The Morgan fingerprint density at radius 2 is 1.95 bits per heavy atom. The van der Waals surface area contributed by atoms with Crippen LogP contribution >= 0.6 is 27.5 Å². The Hall–Kier alpha value is -0.800. The maximum absolute atomic E-state index is 6.32. The molecular weight excluding hydrogens is 324 g/mol. The Bertz CT molecular complexity index is 537. The van der Waals surface area contributed by atoms with Crippen LogP contribution in [0.25, 0.3) is 0 Å². The van der Waals surface area contributed by atoms with E-state index in [1.807, 2.05) is 24.7 Å². The molecule has 0 aliphatic rings. The molecule has 0 bridgehead atoms. The summed E-state index contributed by atoms with van der Waals surface area (Å²) in [6.07, 6.45) is 1.99. The summed E-state index contributed by atoms with van der Waals surface area (Å²) in [5, 5.41) is 6.14. The monoisotopic (exact) mass is 340 g/mol. The van der Waals surface area contributed by atoms with Crippen molar-refractivity contribution in [2.24, 2.45) is 13.0 Å². The van der Waals surface area contributed by atoms with Crippen molar-refractivity contribution < 1.29 is 0 Å². The third-order valence-corrected chi connectivity index (χ3v) is 4.74. The van der Waals surface area contributed by atoms with E-state index in [9.17, 15) is 0 Å². The van der Waals surface area contributed by atoms with E-state index in [0.29, 0.717) is 5.92 Å². The highest BCUT2D eigenvalue weighted by Crippen LogP contribution is 2.24. The van der Waals surface area contributed by atoms with Gasteiger partial charge in [-0.1, -0.05) is 57.9 Å². The van der Waals surface area contributed by atoms with Crippen molar-refractivity contribution in [3.63, 3.8) is 0 Å². The number of benzene rings is 1. The van der Waals surface area contributed by atoms with Crippen LogP contribution in [0.4, 0.5) is 0 Å². The molecular formula is C15H18BrClN2. The van der Waals surface area contributed by atoms with Crippen LogP contribution in [0.1, 0.15) is 17.0 Å². The summed E-state index contributed by atoms with van der Waals surface area (Å²) >= 11 is 9.93. The van der Waals surface area contributed by atoms with Crippen LogP contribution in [0.3, 0.4) is 0 Å². The fourth-order valence-corrected chi connectivity index (χ4v) is 3.00. The average Bonchev–Trinajstić information content (AvgIpc) is 2.65. The van der Waals surface area contributed by atoms with Crippen molar-refractivity contribution in [1.82, 2.24) is 9.78 Å². The second kappa shape index (κ2) is 6.58. The van der Waals surface area contributed by atoms with E-state index >= 15 is 0 Å². The Morgan fingerprint density at radius 1 is 1.26 bits per heavy atom. The fourth-order valence-electron chi connectivity index (χ4n) is 2.30. The summed E-state index contributed by atoms with van der Waals surface area (Å²) < 4.78 is 1.90. The topological polar surface area (TPSA) is 17.8 Å². The highest BCUT2D eigenvalue weighted by atomic mass is 79.9. The lowest BCUT2D eigenvalue weighted by Crippen LogP contribution is -2.13. The quantitative estimate of drug-likeness (QED) is 0.746. The van der Waals surface area contributed by atoms with E-state index in [1.165, 1.54) is 5.56 Å². The first-order chi connectivity index (χ1) is 9.11. The van der Waals surface area contributed by atoms with E-state index < -0.39 is 0 Å². The third-order valence-electron chi connectivity index (χ3n) is 3.33. The molecule has 0 saturated heterocycles. The second-order valence-corrected chi connectivity index (χ2v) is 5.91. The third kappa shape index (κ3) is 3.61. The van der Waals surface area contributed by atoms with Crippen LogP contribution < -0.4 is 0 Å². The van der Waals surface area contributed by atoms with Crippen molar-refractivity contribution in [3.8, 4) is 0 Å². The zero-order valence-corrected chi connectivity index (χ0v) is 13.6. The lowest BCUT2D eigenvalue weighted by Gasteiger charge is -2.14. The number of nitrogens with zero attached hydrogens (tertiary/aromatic N) is 2. The van der Waals surface area contributed by atoms with Gasteiger partial charge in [0.2, 0.25) is 0 Å². The molecule has 1 aromatic heterocycles. The number of aromatic nitrogens is 2. The van der Waals surface area contributed by atoms with Gasteiger partial charge in [-0.05, 0) is 31.2 Å². The number of alkyl halides is 1. The molecule has 0 fully saturated rings. The Labute approximate surface area is 127 Å². The molecule has 2 rings (SSSR count). The van der Waals surface area contributed by atoms with Gasteiger partial charge in [-0.3, -0.25) is 4.68 Å². The van der Waals surface area contributed by atoms with Crippen LogP contribution in [0.2, 0.25) is 5.02 Å². The fraction of sp³-hybridized carbons (Fsp3) is 0.400. The molecule has 0 radical (unpaired) electrons. The molecule has 0 amide bonds. The Kier molecular flexibility index (Phi) is 5.06. The lowest BCUT2D eigenvalue weighted by molar-refractivity contribution is 0.557. The van der Waals surface area contributed by atoms with Gasteiger partial charge in [0.15, 0.2) is 0 Å². The summed E-state index contributed by atoms with van der Waals surface area (Å²) in [6, 6.07) is 10.6. The molecule has 1 aromatic carbocycles. The molecule has 0 saturated carbocycles. The van der Waals surface area contributed by atoms with E-state index in [0.717, 1.165) is 34.6 Å². The predicted molar refractivity (Wildman–Crippen MR) is 84.1 cm³/mol. The normalized spacial score (nSPS) is 12.6. The zero-order chi connectivity index (χ0) is 13.8. The van der Waals surface area contributed by atoms with Gasteiger partial charge in [0.25, 0.3) is 0 Å². The first-order valence-corrected chi connectivity index (χ1v) is 7.89. The summed E-state index contributed by atoms with van der Waals surface area (Å²) in [5.41, 5.74) is 3.40. The molecule has 19 heavy (non-hydrogen) atoms. The molecule has 1 heterocycles. The van der Waals surface area contributed by atoms with Crippen molar-refractivity contribution in [3.05, 3.63) is 52.3 Å². The number of rotatable bonds is 5. The van der Waals surface area contributed by atoms with Gasteiger partial charge in [-0.2, -0.15) is 5.10 Å². The molecule has 0 aliphatic carbocycles. The van der Waals surface area contributed by atoms with Crippen molar-refractivity contribution >= 4 is 27.5 Å². The highest BCUT2D eigenvalue weighted by molar-refractivity contribution is 9.09. The first-order valence-electron chi connectivity index (χ1n) is 6.39. The molecule has 2 nitrogen and oxygen atoms in total. The standard InChI is InChI=1S/C15H18BrClN2/c1-11-15(17)14(19(2)18-11)9-13(10-16)8-12-6-4-3-5-7-12/h3-7,13H,8-10H2,1-2H3. The van der Waals surface area contributed by atoms with Crippen LogP contribution in [0.15, 0.2) is 30.3 Å². The summed E-state index contributed by atoms with van der Waals surface area (Å²) in [7, 11) is 1.96. The van der Waals surface area contributed by atoms with Gasteiger partial charge in [0, 0.05) is 12.4 Å². The number of aryl methyl sites for hydroxylation is 2. The van der Waals surface area contributed by atoms with E-state index in [4.69, 9.17) is 11.6 Å². The molecule has 1 atom stereocenters. The maximum atomic E-state index is 6.32. The molecule has 2 aromatic rings. The molecule has 1 unspecified atom stereocenters. The van der Waals surface area contributed by atoms with E-state index in [1.54, 1.807) is 0 Å². The summed E-state index contributed by atoms with van der Waals surface area (Å²) in [4.78, 5) is 0. The number of hydrogen-bond acceptors (Lipinski definition) is 1. The van der Waals surface area contributed by atoms with E-state index in [2.05, 4.69) is 45.3 Å². The Morgan fingerprint density at radius 3 is 2.47 bits per heavy atom. The van der Waals surface area contributed by atoms with Gasteiger partial charge in [0.1, 0.15) is 0 Å². The van der Waals surface area contributed by atoms with Crippen LogP contribution in [-0.4, -0.2) is 15.1 Å². The molecule has 0 spiro atoms. The maximum Gasteiger partial charge on any atom is 0.0847 e. The minimum Gasteiger partial charge on any atom is -0.271 e. The van der Waals surface area contributed by atoms with Crippen LogP contribution in [-0.2, 0) is 19.9 Å². The van der Waals surface area contributed by atoms with Gasteiger partial charge in [0.05, 0.1) is 16.4 Å². The minimum atomic E-state index is 0.523. The largest absolute Gasteiger partial charge is 0.271 e. The van der Waals surface area contributed by atoms with Gasteiger partial charge >= 0.3 is 0 Å². The van der Waals surface area contributed by atoms with Crippen LogP contribution in [0.5, 0.6) is 0 Å². The minimum absolute atomic E-state index is 0.523. The lowest BCUT2D eigenvalue weighted by atomic mass is 9.96. The predicted octanol–water partition coefficient (Wildman–Crippen LogP) is 4.18. The number of halogens is 2. The first kappa shape index (κ1) is 14.6. The smallest absolute Gasteiger partial charge is 0.0847 e. The molecule has 0 N–H and O–H groups in total. The molecule has 0 aliphatic heterocycles.